The number of aliphatic imine (C=N–C) groups is 1. The second-order valence-electron chi connectivity index (χ2n) is 4.82. The van der Waals surface area contributed by atoms with E-state index in [0.717, 1.165) is 11.1 Å². The number of ether oxygens (including phenoxy) is 1. The average Bonchev–Trinajstić information content (AvgIpc) is 2.83. The first kappa shape index (κ1) is 14.8. The van der Waals surface area contributed by atoms with Crippen molar-refractivity contribution >= 4 is 41.1 Å². The zero-order chi connectivity index (χ0) is 15.7. The molecule has 2 aromatic carbocycles. The van der Waals surface area contributed by atoms with Crippen LogP contribution in [0.25, 0.3) is 6.08 Å². The molecule has 0 aromatic heterocycles. The lowest BCUT2D eigenvalue weighted by Crippen LogP contribution is -2.06. The van der Waals surface area contributed by atoms with Gasteiger partial charge in [-0.05, 0) is 42.3 Å². The summed E-state index contributed by atoms with van der Waals surface area (Å²) in [4.78, 5) is 16.3. The van der Waals surface area contributed by atoms with Gasteiger partial charge in [0.25, 0.3) is 0 Å². The quantitative estimate of drug-likeness (QED) is 0.593. The zero-order valence-corrected chi connectivity index (χ0v) is 13.2. The number of halogens is 2. The Labute approximate surface area is 137 Å². The Kier molecular flexibility index (Phi) is 4.01. The van der Waals surface area contributed by atoms with Gasteiger partial charge in [0, 0.05) is 15.6 Å². The highest BCUT2D eigenvalue weighted by Crippen LogP contribution is 2.26. The summed E-state index contributed by atoms with van der Waals surface area (Å²) in [5, 5.41) is 0.984. The molecule has 22 heavy (non-hydrogen) atoms. The van der Waals surface area contributed by atoms with Crippen LogP contribution in [0.4, 0.5) is 0 Å². The highest BCUT2D eigenvalue weighted by Gasteiger charge is 2.25. The summed E-state index contributed by atoms with van der Waals surface area (Å²) in [6, 6.07) is 12.6. The number of cyclic esters (lactones) is 1. The molecule has 1 aliphatic heterocycles. The SMILES string of the molecule is Cc1ccccc1C1=N/C(=C\c2ccc(Cl)cc2Cl)C(=O)O1. The van der Waals surface area contributed by atoms with Crippen molar-refractivity contribution < 1.29 is 9.53 Å². The molecule has 3 rings (SSSR count). The Bertz CT molecular complexity index is 825. The third-order valence-electron chi connectivity index (χ3n) is 3.25. The van der Waals surface area contributed by atoms with E-state index in [1.165, 1.54) is 0 Å². The van der Waals surface area contributed by atoms with Gasteiger partial charge < -0.3 is 4.74 Å². The number of rotatable bonds is 2. The van der Waals surface area contributed by atoms with Crippen molar-refractivity contribution in [3.63, 3.8) is 0 Å². The normalized spacial score (nSPS) is 15.9. The van der Waals surface area contributed by atoms with Crippen LogP contribution in [0.1, 0.15) is 16.7 Å². The Morgan fingerprint density at radius 1 is 1.14 bits per heavy atom. The molecular weight excluding hydrogens is 321 g/mol. The van der Waals surface area contributed by atoms with Crippen LogP contribution >= 0.6 is 23.2 Å². The standard InChI is InChI=1S/C17H11Cl2NO2/c1-10-4-2-3-5-13(10)16-20-15(17(21)22-16)8-11-6-7-12(18)9-14(11)19/h2-9H,1H3/b15-8-. The van der Waals surface area contributed by atoms with Crippen LogP contribution in [0.15, 0.2) is 53.2 Å². The van der Waals surface area contributed by atoms with E-state index in [1.807, 2.05) is 31.2 Å². The zero-order valence-electron chi connectivity index (χ0n) is 11.6. The predicted molar refractivity (Wildman–Crippen MR) is 88.2 cm³/mol. The molecule has 0 N–H and O–H groups in total. The highest BCUT2D eigenvalue weighted by molar-refractivity contribution is 6.35. The topological polar surface area (TPSA) is 38.7 Å². The van der Waals surface area contributed by atoms with Crippen LogP contribution in [0.2, 0.25) is 10.0 Å². The largest absolute Gasteiger partial charge is 0.402 e. The summed E-state index contributed by atoms with van der Waals surface area (Å²) >= 11 is 12.0. The van der Waals surface area contributed by atoms with E-state index in [2.05, 4.69) is 4.99 Å². The van der Waals surface area contributed by atoms with E-state index in [-0.39, 0.29) is 5.70 Å². The number of aryl methyl sites for hydroxylation is 1. The first-order valence-corrected chi connectivity index (χ1v) is 7.34. The van der Waals surface area contributed by atoms with E-state index in [9.17, 15) is 4.79 Å². The first-order valence-electron chi connectivity index (χ1n) is 6.58. The van der Waals surface area contributed by atoms with Gasteiger partial charge in [0.1, 0.15) is 0 Å². The minimum atomic E-state index is -0.496. The van der Waals surface area contributed by atoms with Crippen LogP contribution in [-0.4, -0.2) is 11.9 Å². The van der Waals surface area contributed by atoms with Crippen LogP contribution in [0.5, 0.6) is 0 Å². The van der Waals surface area contributed by atoms with Gasteiger partial charge in [-0.3, -0.25) is 0 Å². The van der Waals surface area contributed by atoms with Gasteiger partial charge in [0.2, 0.25) is 5.90 Å². The van der Waals surface area contributed by atoms with Gasteiger partial charge in [-0.15, -0.1) is 0 Å². The van der Waals surface area contributed by atoms with Crippen molar-refractivity contribution in [3.8, 4) is 0 Å². The monoisotopic (exact) mass is 331 g/mol. The van der Waals surface area contributed by atoms with Crippen LogP contribution in [0.3, 0.4) is 0 Å². The molecule has 0 saturated heterocycles. The maximum absolute atomic E-state index is 12.0. The minimum absolute atomic E-state index is 0.211. The number of benzene rings is 2. The molecule has 0 fully saturated rings. The summed E-state index contributed by atoms with van der Waals surface area (Å²) in [7, 11) is 0. The Balaban J connectivity index is 2.00. The fraction of sp³-hybridized carbons (Fsp3) is 0.0588. The van der Waals surface area contributed by atoms with Crippen LogP contribution in [0, 0.1) is 6.92 Å². The van der Waals surface area contributed by atoms with Crippen LogP contribution < -0.4 is 0 Å². The van der Waals surface area contributed by atoms with Crippen molar-refractivity contribution in [3.05, 3.63) is 74.9 Å². The molecule has 1 aliphatic rings. The number of carbonyl (C=O) groups is 1. The van der Waals surface area contributed by atoms with Gasteiger partial charge in [-0.1, -0.05) is 47.5 Å². The molecule has 0 atom stereocenters. The number of nitrogens with zero attached hydrogens (tertiary/aromatic N) is 1. The molecule has 110 valence electrons. The molecule has 0 spiro atoms. The van der Waals surface area contributed by atoms with Crippen LogP contribution in [-0.2, 0) is 9.53 Å². The maximum atomic E-state index is 12.0. The fourth-order valence-electron chi connectivity index (χ4n) is 2.10. The molecule has 3 nitrogen and oxygen atoms in total. The number of carbonyl (C=O) groups excluding carboxylic acids is 1. The summed E-state index contributed by atoms with van der Waals surface area (Å²) in [6.07, 6.45) is 1.59. The first-order chi connectivity index (χ1) is 10.5. The van der Waals surface area contributed by atoms with Crippen molar-refractivity contribution in [1.82, 2.24) is 0 Å². The number of esters is 1. The van der Waals surface area contributed by atoms with E-state index in [1.54, 1.807) is 24.3 Å². The second-order valence-corrected chi connectivity index (χ2v) is 5.66. The third kappa shape index (κ3) is 2.91. The van der Waals surface area contributed by atoms with Crippen molar-refractivity contribution in [2.75, 3.05) is 0 Å². The molecule has 1 heterocycles. The van der Waals surface area contributed by atoms with Gasteiger partial charge in [0.05, 0.1) is 0 Å². The Morgan fingerprint density at radius 3 is 2.64 bits per heavy atom. The van der Waals surface area contributed by atoms with Gasteiger partial charge >= 0.3 is 5.97 Å². The van der Waals surface area contributed by atoms with E-state index < -0.39 is 5.97 Å². The lowest BCUT2D eigenvalue weighted by molar-refractivity contribution is -0.129. The maximum Gasteiger partial charge on any atom is 0.363 e. The minimum Gasteiger partial charge on any atom is -0.402 e. The molecule has 0 aliphatic carbocycles. The Hall–Kier alpha value is -2.10. The fourth-order valence-corrected chi connectivity index (χ4v) is 2.57. The third-order valence-corrected chi connectivity index (χ3v) is 3.81. The summed E-state index contributed by atoms with van der Waals surface area (Å²) < 4.78 is 5.25. The lowest BCUT2D eigenvalue weighted by Gasteiger charge is -2.02. The van der Waals surface area contributed by atoms with E-state index in [4.69, 9.17) is 27.9 Å². The van der Waals surface area contributed by atoms with Gasteiger partial charge in [0.15, 0.2) is 5.70 Å². The second kappa shape index (κ2) is 5.95. The molecule has 0 bridgehead atoms. The molecule has 0 amide bonds. The molecule has 0 radical (unpaired) electrons. The van der Waals surface area contributed by atoms with Gasteiger partial charge in [-0.2, -0.15) is 0 Å². The lowest BCUT2D eigenvalue weighted by atomic mass is 10.1. The smallest absolute Gasteiger partial charge is 0.363 e. The molecule has 5 heteroatoms. The summed E-state index contributed by atoms with van der Waals surface area (Å²) in [5.41, 5.74) is 2.65. The number of hydrogen-bond acceptors (Lipinski definition) is 3. The number of hydrogen-bond donors (Lipinski definition) is 0. The highest BCUT2D eigenvalue weighted by atomic mass is 35.5. The molecule has 0 unspecified atom stereocenters. The van der Waals surface area contributed by atoms with Crippen molar-refractivity contribution in [2.45, 2.75) is 6.92 Å². The summed E-state index contributed by atoms with van der Waals surface area (Å²) in [6.45, 7) is 1.93. The van der Waals surface area contributed by atoms with Gasteiger partial charge in [-0.25, -0.2) is 9.79 Å². The van der Waals surface area contributed by atoms with E-state index in [0.29, 0.717) is 21.5 Å². The van der Waals surface area contributed by atoms with Crippen molar-refractivity contribution in [1.29, 1.82) is 0 Å². The Morgan fingerprint density at radius 2 is 1.91 bits per heavy atom. The molecular formula is C17H11Cl2NO2. The van der Waals surface area contributed by atoms with E-state index >= 15 is 0 Å². The molecule has 0 saturated carbocycles. The average molecular weight is 332 g/mol. The molecule has 2 aromatic rings. The van der Waals surface area contributed by atoms with Crippen molar-refractivity contribution in [2.24, 2.45) is 4.99 Å². The predicted octanol–water partition coefficient (Wildman–Crippen LogP) is 4.65. The summed E-state index contributed by atoms with van der Waals surface area (Å²) in [5.74, 6) is -0.191.